The van der Waals surface area contributed by atoms with Crippen molar-refractivity contribution in [2.75, 3.05) is 36.8 Å². The Kier molecular flexibility index (Phi) is 6.01. The second kappa shape index (κ2) is 9.07. The van der Waals surface area contributed by atoms with Crippen LogP contribution < -0.4 is 10.5 Å². The van der Waals surface area contributed by atoms with Gasteiger partial charge in [-0.1, -0.05) is 11.8 Å². The van der Waals surface area contributed by atoms with Crippen molar-refractivity contribution in [3.05, 3.63) is 58.8 Å². The van der Waals surface area contributed by atoms with E-state index in [9.17, 15) is 9.18 Å². The van der Waals surface area contributed by atoms with Gasteiger partial charge in [-0.25, -0.2) is 4.39 Å². The molecule has 0 amide bonds. The normalized spacial score (nSPS) is 20.8. The number of H-pyrrole nitrogens is 1. The zero-order chi connectivity index (χ0) is 22.1. The van der Waals surface area contributed by atoms with Gasteiger partial charge in [0.25, 0.3) is 0 Å². The van der Waals surface area contributed by atoms with E-state index in [1.165, 1.54) is 12.5 Å². The third-order valence-electron chi connectivity index (χ3n) is 6.50. The lowest BCUT2D eigenvalue weighted by Gasteiger charge is -2.27. The Bertz CT molecular complexity index is 1130. The topological polar surface area (TPSA) is 70.0 Å². The maximum atomic E-state index is 13.3. The molecule has 32 heavy (non-hydrogen) atoms. The lowest BCUT2D eigenvalue weighted by atomic mass is 10.1. The van der Waals surface area contributed by atoms with Crippen molar-refractivity contribution >= 4 is 17.4 Å². The minimum atomic E-state index is -0.178. The van der Waals surface area contributed by atoms with Gasteiger partial charge in [-0.3, -0.25) is 4.79 Å². The van der Waals surface area contributed by atoms with E-state index in [0.717, 1.165) is 54.8 Å². The van der Waals surface area contributed by atoms with Crippen LogP contribution in [0.2, 0.25) is 0 Å². The number of fused-ring (bicyclic) bond motifs is 1. The largest absolute Gasteiger partial charge is 0.367 e. The van der Waals surface area contributed by atoms with Crippen molar-refractivity contribution in [2.24, 2.45) is 13.0 Å². The number of hydrogen-bond acceptors (Lipinski definition) is 6. The number of nitrogens with one attached hydrogen (secondary N) is 1. The standard InChI is InChI=1S/C23H27FN6OS/c1-28-22(16-7-9-25-21(31)13-16)26-27-23(28)32-12-2-10-29-14-17-8-11-30(20(17)15-29)19-5-3-18(24)4-6-19/h3-7,9,13,17,20H,2,8,10-12,14-15H2,1H3,(H,25,31)/t17-,20+/m1/s1. The number of thioether (sulfide) groups is 1. The molecule has 2 saturated heterocycles. The number of aromatic nitrogens is 4. The summed E-state index contributed by atoms with van der Waals surface area (Å²) in [7, 11) is 1.94. The number of likely N-dealkylation sites (tertiary alicyclic amines) is 1. The maximum absolute atomic E-state index is 13.3. The highest BCUT2D eigenvalue weighted by atomic mass is 32.2. The van der Waals surface area contributed by atoms with Crippen molar-refractivity contribution in [3.8, 4) is 11.4 Å². The Morgan fingerprint density at radius 3 is 2.84 bits per heavy atom. The molecule has 9 heteroatoms. The fourth-order valence-corrected chi connectivity index (χ4v) is 5.75. The first-order chi connectivity index (χ1) is 15.6. The van der Waals surface area contributed by atoms with E-state index >= 15 is 0 Å². The SMILES string of the molecule is Cn1c(SCCCN2C[C@H]3CCN(c4ccc(F)cc4)[C@H]3C2)nnc1-c1cc[nH]c(=O)c1. The molecule has 0 unspecified atom stereocenters. The molecule has 2 aliphatic rings. The van der Waals surface area contributed by atoms with Crippen molar-refractivity contribution < 1.29 is 4.39 Å². The number of anilines is 1. The number of pyridine rings is 1. The van der Waals surface area contributed by atoms with E-state index in [4.69, 9.17) is 0 Å². The van der Waals surface area contributed by atoms with Gasteiger partial charge in [0.1, 0.15) is 5.82 Å². The summed E-state index contributed by atoms with van der Waals surface area (Å²) in [5.74, 6) is 2.19. The summed E-state index contributed by atoms with van der Waals surface area (Å²) >= 11 is 1.70. The van der Waals surface area contributed by atoms with Crippen LogP contribution in [0.4, 0.5) is 10.1 Å². The number of halogens is 1. The van der Waals surface area contributed by atoms with Gasteiger partial charge in [-0.05, 0) is 55.6 Å². The van der Waals surface area contributed by atoms with Gasteiger partial charge < -0.3 is 19.4 Å². The fourth-order valence-electron chi connectivity index (χ4n) is 4.91. The van der Waals surface area contributed by atoms with Gasteiger partial charge in [0.05, 0.1) is 0 Å². The lowest BCUT2D eigenvalue weighted by Crippen LogP contribution is -2.35. The molecule has 2 aliphatic heterocycles. The van der Waals surface area contributed by atoms with E-state index in [1.54, 1.807) is 30.1 Å². The van der Waals surface area contributed by atoms with Gasteiger partial charge in [-0.2, -0.15) is 0 Å². The minimum Gasteiger partial charge on any atom is -0.367 e. The van der Waals surface area contributed by atoms with Crippen LogP contribution >= 0.6 is 11.8 Å². The van der Waals surface area contributed by atoms with E-state index < -0.39 is 0 Å². The summed E-state index contributed by atoms with van der Waals surface area (Å²) in [5, 5.41) is 9.43. The maximum Gasteiger partial charge on any atom is 0.248 e. The molecular weight excluding hydrogens is 427 g/mol. The first kappa shape index (κ1) is 21.2. The lowest BCUT2D eigenvalue weighted by molar-refractivity contribution is 0.319. The van der Waals surface area contributed by atoms with Crippen molar-refractivity contribution in [2.45, 2.75) is 24.0 Å². The van der Waals surface area contributed by atoms with Crippen molar-refractivity contribution in [1.82, 2.24) is 24.6 Å². The number of hydrogen-bond donors (Lipinski definition) is 1. The van der Waals surface area contributed by atoms with Crippen LogP contribution in [0, 0.1) is 11.7 Å². The molecule has 2 fully saturated rings. The summed E-state index contributed by atoms with van der Waals surface area (Å²) < 4.78 is 15.2. The molecule has 0 aliphatic carbocycles. The van der Waals surface area contributed by atoms with E-state index in [2.05, 4.69) is 25.0 Å². The Balaban J connectivity index is 1.12. The van der Waals surface area contributed by atoms with Crippen LogP contribution in [-0.2, 0) is 7.05 Å². The highest BCUT2D eigenvalue weighted by Crippen LogP contribution is 2.35. The molecule has 168 valence electrons. The van der Waals surface area contributed by atoms with Gasteiger partial charge in [-0.15, -0.1) is 10.2 Å². The monoisotopic (exact) mass is 454 g/mol. The van der Waals surface area contributed by atoms with Crippen LogP contribution in [-0.4, -0.2) is 62.6 Å². The third kappa shape index (κ3) is 4.31. The molecule has 1 N–H and O–H groups in total. The molecule has 0 saturated carbocycles. The summed E-state index contributed by atoms with van der Waals surface area (Å²) in [6.07, 6.45) is 3.91. The fraction of sp³-hybridized carbons (Fsp3) is 0.435. The Labute approximate surface area is 190 Å². The highest BCUT2D eigenvalue weighted by Gasteiger charge is 2.40. The smallest absolute Gasteiger partial charge is 0.248 e. The van der Waals surface area contributed by atoms with Crippen molar-refractivity contribution in [3.63, 3.8) is 0 Å². The third-order valence-corrected chi connectivity index (χ3v) is 7.61. The molecule has 0 bridgehead atoms. The second-order valence-corrected chi connectivity index (χ2v) is 9.62. The Morgan fingerprint density at radius 2 is 2.03 bits per heavy atom. The van der Waals surface area contributed by atoms with Crippen LogP contribution in [0.5, 0.6) is 0 Å². The van der Waals surface area contributed by atoms with Crippen LogP contribution in [0.3, 0.4) is 0 Å². The molecule has 1 aromatic carbocycles. The summed E-state index contributed by atoms with van der Waals surface area (Å²) in [6.45, 7) is 4.34. The highest BCUT2D eigenvalue weighted by molar-refractivity contribution is 7.99. The van der Waals surface area contributed by atoms with E-state index in [0.29, 0.717) is 17.8 Å². The van der Waals surface area contributed by atoms with E-state index in [-0.39, 0.29) is 11.4 Å². The van der Waals surface area contributed by atoms with Gasteiger partial charge in [0, 0.05) is 62.0 Å². The minimum absolute atomic E-state index is 0.145. The van der Waals surface area contributed by atoms with E-state index in [1.807, 2.05) is 29.8 Å². The van der Waals surface area contributed by atoms with Gasteiger partial charge in [0.15, 0.2) is 11.0 Å². The molecule has 3 aromatic rings. The number of nitrogens with zero attached hydrogens (tertiary/aromatic N) is 5. The molecule has 0 radical (unpaired) electrons. The number of benzene rings is 1. The average molecular weight is 455 g/mol. The summed E-state index contributed by atoms with van der Waals surface area (Å²) in [6, 6.07) is 10.8. The summed E-state index contributed by atoms with van der Waals surface area (Å²) in [4.78, 5) is 19.2. The zero-order valence-corrected chi connectivity index (χ0v) is 18.9. The second-order valence-electron chi connectivity index (χ2n) is 8.55. The quantitative estimate of drug-likeness (QED) is 0.437. The molecule has 4 heterocycles. The molecule has 7 nitrogen and oxygen atoms in total. The summed E-state index contributed by atoms with van der Waals surface area (Å²) in [5.41, 5.74) is 1.76. The van der Waals surface area contributed by atoms with Crippen LogP contribution in [0.1, 0.15) is 12.8 Å². The predicted octanol–water partition coefficient (Wildman–Crippen LogP) is 3.00. The number of aromatic amines is 1. The van der Waals surface area contributed by atoms with Crippen LogP contribution in [0.15, 0.2) is 52.5 Å². The Morgan fingerprint density at radius 1 is 1.19 bits per heavy atom. The molecular formula is C23H27FN6OS. The first-order valence-corrected chi connectivity index (χ1v) is 12.0. The first-order valence-electron chi connectivity index (χ1n) is 11.0. The predicted molar refractivity (Wildman–Crippen MR) is 124 cm³/mol. The van der Waals surface area contributed by atoms with Crippen LogP contribution in [0.25, 0.3) is 11.4 Å². The molecule has 2 atom stereocenters. The molecule has 2 aromatic heterocycles. The van der Waals surface area contributed by atoms with Gasteiger partial charge in [0.2, 0.25) is 5.56 Å². The van der Waals surface area contributed by atoms with Crippen molar-refractivity contribution in [1.29, 1.82) is 0 Å². The van der Waals surface area contributed by atoms with Gasteiger partial charge >= 0.3 is 0 Å². The number of rotatable bonds is 7. The average Bonchev–Trinajstić information content (AvgIpc) is 3.46. The Hall–Kier alpha value is -2.65. The molecule has 5 rings (SSSR count). The molecule has 0 spiro atoms. The zero-order valence-electron chi connectivity index (χ0n) is 18.1.